The van der Waals surface area contributed by atoms with Crippen molar-refractivity contribution in [3.05, 3.63) is 131 Å². The number of aldehydes is 1. The Bertz CT molecular complexity index is 1640. The number of aliphatic hydroxyl groups is 1. The molecule has 0 aliphatic heterocycles. The van der Waals surface area contributed by atoms with Crippen molar-refractivity contribution in [3.8, 4) is 11.4 Å². The second kappa shape index (κ2) is 17.2. The molecule has 0 aliphatic carbocycles. The van der Waals surface area contributed by atoms with Crippen LogP contribution in [0.15, 0.2) is 103 Å². The number of aryl methyl sites for hydroxylation is 2. The maximum absolute atomic E-state index is 13.2. The number of alkyl halides is 3. The van der Waals surface area contributed by atoms with E-state index in [4.69, 9.17) is 0 Å². The van der Waals surface area contributed by atoms with Crippen LogP contribution in [-0.2, 0) is 24.7 Å². The summed E-state index contributed by atoms with van der Waals surface area (Å²) in [7, 11) is 1.79. The third-order valence-electron chi connectivity index (χ3n) is 6.91. The zero-order chi connectivity index (χ0) is 33.6. The highest BCUT2D eigenvalue weighted by Crippen LogP contribution is 2.35. The van der Waals surface area contributed by atoms with Crippen molar-refractivity contribution in [2.24, 2.45) is 0 Å². The second-order valence-electron chi connectivity index (χ2n) is 10.3. The van der Waals surface area contributed by atoms with E-state index >= 15 is 0 Å². The number of benzene rings is 2. The Hall–Kier alpha value is -4.61. The van der Waals surface area contributed by atoms with Crippen LogP contribution >= 0.6 is 11.3 Å². The molecular formula is C35H38F3N5O2S. The molecule has 0 saturated heterocycles. The number of carbonyl (C=O) groups excluding carboxylic acids is 1. The van der Waals surface area contributed by atoms with Gasteiger partial charge < -0.3 is 15.0 Å². The quantitative estimate of drug-likeness (QED) is 0.0897. The molecule has 1 atom stereocenters. The highest BCUT2D eigenvalue weighted by atomic mass is 32.1. The van der Waals surface area contributed by atoms with E-state index in [0.29, 0.717) is 23.6 Å². The maximum Gasteiger partial charge on any atom is 0.416 e. The Kier molecular flexibility index (Phi) is 13.4. The van der Waals surface area contributed by atoms with Crippen molar-refractivity contribution >= 4 is 23.3 Å². The predicted molar refractivity (Wildman–Crippen MR) is 178 cm³/mol. The molecule has 5 aromatic rings. The van der Waals surface area contributed by atoms with Crippen molar-refractivity contribution < 1.29 is 23.1 Å². The Morgan fingerprint density at radius 1 is 1.02 bits per heavy atom. The van der Waals surface area contributed by atoms with Gasteiger partial charge in [-0.2, -0.15) is 13.2 Å². The number of nitrogens with zero attached hydrogens (tertiary/aromatic N) is 4. The highest BCUT2D eigenvalue weighted by Gasteiger charge is 2.36. The molecule has 7 nitrogen and oxygen atoms in total. The van der Waals surface area contributed by atoms with E-state index in [0.717, 1.165) is 43.4 Å². The monoisotopic (exact) mass is 649 g/mol. The number of rotatable bonds is 10. The van der Waals surface area contributed by atoms with E-state index in [9.17, 15) is 23.1 Å². The van der Waals surface area contributed by atoms with Crippen LogP contribution in [0.4, 0.5) is 18.9 Å². The van der Waals surface area contributed by atoms with Gasteiger partial charge in [0.25, 0.3) is 0 Å². The molecule has 46 heavy (non-hydrogen) atoms. The number of imidazole rings is 1. The zero-order valence-corrected chi connectivity index (χ0v) is 26.9. The molecule has 2 aromatic carbocycles. The van der Waals surface area contributed by atoms with Gasteiger partial charge in [0.05, 0.1) is 28.7 Å². The number of unbranched alkanes of at least 4 members (excludes halogenated alkanes) is 1. The molecule has 1 unspecified atom stereocenters. The smallest absolute Gasteiger partial charge is 0.387 e. The Labute approximate surface area is 271 Å². The molecule has 3 heterocycles. The average Bonchev–Trinajstić information content (AvgIpc) is 3.77. The average molecular weight is 650 g/mol. The van der Waals surface area contributed by atoms with Crippen LogP contribution in [0.5, 0.6) is 0 Å². The van der Waals surface area contributed by atoms with Gasteiger partial charge in [-0.3, -0.25) is 9.78 Å². The highest BCUT2D eigenvalue weighted by molar-refractivity contribution is 7.07. The third-order valence-corrected chi connectivity index (χ3v) is 7.51. The maximum atomic E-state index is 13.2. The lowest BCUT2D eigenvalue weighted by molar-refractivity contribution is -0.137. The molecule has 0 saturated carbocycles. The summed E-state index contributed by atoms with van der Waals surface area (Å²) in [5.41, 5.74) is 3.08. The second-order valence-corrected chi connectivity index (χ2v) is 11.0. The first kappa shape index (κ1) is 35.9. The number of hydrogen-bond donors (Lipinski definition) is 2. The summed E-state index contributed by atoms with van der Waals surface area (Å²) in [6, 6.07) is 18.8. The standard InChI is InChI=1S/C23H25F3N4O.C8H10.C4H3NOS/c1-4-5-6-12-30-15-20(19-11-10-18(27-3)14-28-19)29-21(30)22(2,31)16-8-7-9-17(13-16)23(24,25)26;1-2-8-6-4-3-5-7-8;6-1-4-2-7-3-5-4/h4,7-11,13-15,27,31H,1,5-6,12H2,2-3H3;3-7H,2H2,1H3;1-3H. The molecule has 0 amide bonds. The number of nitrogens with one attached hydrogen (secondary N) is 1. The normalized spacial score (nSPS) is 12.1. The fourth-order valence-electron chi connectivity index (χ4n) is 4.32. The van der Waals surface area contributed by atoms with Crippen LogP contribution in [-0.4, -0.2) is 38.0 Å². The minimum atomic E-state index is -4.50. The van der Waals surface area contributed by atoms with Gasteiger partial charge in [-0.05, 0) is 61.6 Å². The lowest BCUT2D eigenvalue weighted by Gasteiger charge is -2.25. The van der Waals surface area contributed by atoms with Crippen LogP contribution < -0.4 is 5.32 Å². The fraction of sp³-hybridized carbons (Fsp3) is 0.257. The number of aromatic nitrogens is 4. The molecule has 0 bridgehead atoms. The lowest BCUT2D eigenvalue weighted by atomic mass is 9.93. The minimum absolute atomic E-state index is 0.114. The van der Waals surface area contributed by atoms with E-state index in [1.165, 1.54) is 36.0 Å². The first-order valence-corrected chi connectivity index (χ1v) is 15.6. The third kappa shape index (κ3) is 10.2. The fourth-order valence-corrected chi connectivity index (χ4v) is 4.82. The largest absolute Gasteiger partial charge is 0.416 e. The van der Waals surface area contributed by atoms with E-state index in [1.807, 2.05) is 12.1 Å². The van der Waals surface area contributed by atoms with Gasteiger partial charge in [-0.15, -0.1) is 17.9 Å². The van der Waals surface area contributed by atoms with Gasteiger partial charge in [0.15, 0.2) is 6.29 Å². The Morgan fingerprint density at radius 2 is 1.76 bits per heavy atom. The molecule has 11 heteroatoms. The topological polar surface area (TPSA) is 92.9 Å². The number of anilines is 1. The van der Waals surface area contributed by atoms with Crippen LogP contribution in [0.2, 0.25) is 0 Å². The van der Waals surface area contributed by atoms with Crippen LogP contribution in [0, 0.1) is 0 Å². The van der Waals surface area contributed by atoms with Gasteiger partial charge in [0.1, 0.15) is 22.8 Å². The first-order valence-electron chi connectivity index (χ1n) is 14.6. The number of hydrogen-bond acceptors (Lipinski definition) is 7. The SMILES string of the molecule is C=CCCCn1cc(-c2ccc(NC)cn2)nc1C(C)(O)c1cccc(C(F)(F)F)c1.CCc1ccccc1.O=Cc1cscn1. The van der Waals surface area contributed by atoms with Crippen molar-refractivity contribution in [2.75, 3.05) is 12.4 Å². The molecular weight excluding hydrogens is 611 g/mol. The van der Waals surface area contributed by atoms with Crippen molar-refractivity contribution in [1.82, 2.24) is 19.5 Å². The van der Waals surface area contributed by atoms with Gasteiger partial charge in [-0.25, -0.2) is 9.97 Å². The van der Waals surface area contributed by atoms with Crippen molar-refractivity contribution in [1.29, 1.82) is 0 Å². The van der Waals surface area contributed by atoms with Gasteiger partial charge in [0.2, 0.25) is 0 Å². The molecule has 0 radical (unpaired) electrons. The Balaban J connectivity index is 0.000000311. The molecule has 242 valence electrons. The molecule has 0 spiro atoms. The molecule has 2 N–H and O–H groups in total. The van der Waals surface area contributed by atoms with Crippen LogP contribution in [0.1, 0.15) is 59.7 Å². The van der Waals surface area contributed by atoms with Gasteiger partial charge >= 0.3 is 6.18 Å². The molecule has 3 aromatic heterocycles. The number of carbonyl (C=O) groups is 1. The van der Waals surface area contributed by atoms with E-state index in [-0.39, 0.29) is 11.4 Å². The van der Waals surface area contributed by atoms with Crippen molar-refractivity contribution in [2.45, 2.75) is 51.4 Å². The molecule has 5 rings (SSSR count). The first-order chi connectivity index (χ1) is 22.0. The summed E-state index contributed by atoms with van der Waals surface area (Å²) in [4.78, 5) is 22.5. The summed E-state index contributed by atoms with van der Waals surface area (Å²) >= 11 is 1.42. The van der Waals surface area contributed by atoms with Gasteiger partial charge in [0, 0.05) is 25.2 Å². The summed E-state index contributed by atoms with van der Waals surface area (Å²) in [5.74, 6) is 0.255. The number of allylic oxidation sites excluding steroid dienone is 1. The van der Waals surface area contributed by atoms with E-state index < -0.39 is 17.3 Å². The molecule has 0 fully saturated rings. The Morgan fingerprint density at radius 3 is 2.28 bits per heavy atom. The van der Waals surface area contributed by atoms with E-state index in [2.05, 4.69) is 58.0 Å². The summed E-state index contributed by atoms with van der Waals surface area (Å²) in [5, 5.41) is 16.0. The number of halogens is 3. The lowest BCUT2D eigenvalue weighted by Crippen LogP contribution is -2.28. The van der Waals surface area contributed by atoms with Crippen molar-refractivity contribution in [3.63, 3.8) is 0 Å². The van der Waals surface area contributed by atoms with Gasteiger partial charge in [-0.1, -0.05) is 55.5 Å². The summed E-state index contributed by atoms with van der Waals surface area (Å²) in [6.45, 7) is 7.86. The number of thiazole rings is 1. The minimum Gasteiger partial charge on any atom is -0.387 e. The summed E-state index contributed by atoms with van der Waals surface area (Å²) in [6.07, 6.45) is 4.09. The molecule has 0 aliphatic rings. The number of pyridine rings is 1. The van der Waals surface area contributed by atoms with Crippen LogP contribution in [0.3, 0.4) is 0 Å². The summed E-state index contributed by atoms with van der Waals surface area (Å²) < 4.78 is 41.4. The zero-order valence-electron chi connectivity index (χ0n) is 26.0. The van der Waals surface area contributed by atoms with E-state index in [1.54, 1.807) is 47.0 Å². The predicted octanol–water partition coefficient (Wildman–Crippen LogP) is 8.43. The van der Waals surface area contributed by atoms with Crippen LogP contribution in [0.25, 0.3) is 11.4 Å².